The van der Waals surface area contributed by atoms with Crippen LogP contribution in [0, 0.1) is 5.41 Å². The average Bonchev–Trinajstić information content (AvgIpc) is 2.77. The first-order valence-corrected chi connectivity index (χ1v) is 6.31. The Morgan fingerprint density at radius 1 is 1.47 bits per heavy atom. The summed E-state index contributed by atoms with van der Waals surface area (Å²) in [7, 11) is 0. The Balaban J connectivity index is 2.49. The molecular weight excluding hydrogens is 246 g/mol. The summed E-state index contributed by atoms with van der Waals surface area (Å²) in [5.41, 5.74) is 0.384. The Morgan fingerprint density at radius 2 is 2.11 bits per heavy atom. The highest BCUT2D eigenvalue weighted by molar-refractivity contribution is 5.92. The molecule has 6 nitrogen and oxygen atoms in total. The molecule has 0 radical (unpaired) electrons. The molecule has 0 atom stereocenters. The van der Waals surface area contributed by atoms with Gasteiger partial charge in [0, 0.05) is 12.2 Å². The molecule has 19 heavy (non-hydrogen) atoms. The Labute approximate surface area is 112 Å². The normalized spacial score (nSPS) is 11.6. The van der Waals surface area contributed by atoms with Gasteiger partial charge in [-0.2, -0.15) is 5.10 Å². The fourth-order valence-electron chi connectivity index (χ4n) is 1.43. The molecule has 1 aromatic heterocycles. The van der Waals surface area contributed by atoms with E-state index < -0.39 is 11.4 Å². The van der Waals surface area contributed by atoms with E-state index in [0.29, 0.717) is 18.7 Å². The van der Waals surface area contributed by atoms with E-state index >= 15 is 0 Å². The van der Waals surface area contributed by atoms with E-state index in [9.17, 15) is 9.59 Å². The summed E-state index contributed by atoms with van der Waals surface area (Å²) in [4.78, 5) is 22.7. The standard InChI is InChI=1S/C13H21N3O3/c1-8(2)9-7-10(16-15-9)11(17)14-6-5-13(3,4)12(18)19/h7-8H,5-6H2,1-4H3,(H,14,17)(H,15,16)(H,18,19). The Morgan fingerprint density at radius 3 is 2.58 bits per heavy atom. The Hall–Kier alpha value is -1.85. The summed E-state index contributed by atoms with van der Waals surface area (Å²) in [6.07, 6.45) is 0.371. The number of carboxylic acids is 1. The van der Waals surface area contributed by atoms with Crippen molar-refractivity contribution in [3.8, 4) is 0 Å². The van der Waals surface area contributed by atoms with Gasteiger partial charge in [0.1, 0.15) is 5.69 Å². The number of hydrogen-bond acceptors (Lipinski definition) is 3. The summed E-state index contributed by atoms with van der Waals surface area (Å²) in [5.74, 6) is -0.882. The van der Waals surface area contributed by atoms with E-state index in [1.807, 2.05) is 13.8 Å². The lowest BCUT2D eigenvalue weighted by atomic mass is 9.90. The highest BCUT2D eigenvalue weighted by atomic mass is 16.4. The number of H-pyrrole nitrogens is 1. The highest BCUT2D eigenvalue weighted by Crippen LogP contribution is 2.19. The molecule has 106 valence electrons. The third-order valence-electron chi connectivity index (χ3n) is 3.07. The van der Waals surface area contributed by atoms with Gasteiger partial charge in [-0.15, -0.1) is 0 Å². The molecule has 0 spiro atoms. The third kappa shape index (κ3) is 4.08. The minimum absolute atomic E-state index is 0.278. The quantitative estimate of drug-likeness (QED) is 0.732. The molecule has 0 bridgehead atoms. The van der Waals surface area contributed by atoms with Crippen molar-refractivity contribution >= 4 is 11.9 Å². The maximum atomic E-state index is 11.8. The van der Waals surface area contributed by atoms with Crippen LogP contribution in [0.25, 0.3) is 0 Å². The van der Waals surface area contributed by atoms with Crippen LogP contribution in [0.3, 0.4) is 0 Å². The molecule has 0 fully saturated rings. The van der Waals surface area contributed by atoms with Crippen molar-refractivity contribution in [1.29, 1.82) is 0 Å². The highest BCUT2D eigenvalue weighted by Gasteiger charge is 2.26. The van der Waals surface area contributed by atoms with Gasteiger partial charge >= 0.3 is 5.97 Å². The molecule has 0 aliphatic carbocycles. The fraction of sp³-hybridized carbons (Fsp3) is 0.615. The van der Waals surface area contributed by atoms with Gasteiger partial charge in [0.15, 0.2) is 0 Å². The number of carbonyl (C=O) groups excluding carboxylic acids is 1. The number of nitrogens with zero attached hydrogens (tertiary/aromatic N) is 1. The molecule has 0 aliphatic heterocycles. The average molecular weight is 267 g/mol. The van der Waals surface area contributed by atoms with Gasteiger partial charge in [-0.3, -0.25) is 14.7 Å². The molecule has 1 heterocycles. The largest absolute Gasteiger partial charge is 0.481 e. The molecule has 3 N–H and O–H groups in total. The molecule has 0 aromatic carbocycles. The maximum absolute atomic E-state index is 11.8. The van der Waals surface area contributed by atoms with Crippen LogP contribution in [0.2, 0.25) is 0 Å². The van der Waals surface area contributed by atoms with Crippen molar-refractivity contribution in [2.75, 3.05) is 6.54 Å². The smallest absolute Gasteiger partial charge is 0.309 e. The van der Waals surface area contributed by atoms with Crippen LogP contribution in [0.4, 0.5) is 0 Å². The zero-order chi connectivity index (χ0) is 14.6. The van der Waals surface area contributed by atoms with E-state index in [4.69, 9.17) is 5.11 Å². The number of carboxylic acid groups (broad SMARTS) is 1. The fourth-order valence-corrected chi connectivity index (χ4v) is 1.43. The van der Waals surface area contributed by atoms with Crippen LogP contribution in [-0.4, -0.2) is 33.7 Å². The Kier molecular flexibility index (Phi) is 4.69. The van der Waals surface area contributed by atoms with E-state index in [2.05, 4.69) is 15.5 Å². The summed E-state index contributed by atoms with van der Waals surface area (Å²) < 4.78 is 0. The second-order valence-electron chi connectivity index (χ2n) is 5.56. The van der Waals surface area contributed by atoms with Gasteiger partial charge in [0.2, 0.25) is 0 Å². The summed E-state index contributed by atoms with van der Waals surface area (Å²) in [6.45, 7) is 7.58. The molecular formula is C13H21N3O3. The number of aromatic nitrogens is 2. The molecule has 0 saturated carbocycles. The molecule has 0 saturated heterocycles. The van der Waals surface area contributed by atoms with Crippen molar-refractivity contribution in [2.45, 2.75) is 40.0 Å². The lowest BCUT2D eigenvalue weighted by Gasteiger charge is -2.18. The number of nitrogens with one attached hydrogen (secondary N) is 2. The van der Waals surface area contributed by atoms with Crippen LogP contribution in [0.1, 0.15) is 56.2 Å². The Bertz CT molecular complexity index is 463. The van der Waals surface area contributed by atoms with Crippen LogP contribution in [-0.2, 0) is 4.79 Å². The number of aromatic amines is 1. The SMILES string of the molecule is CC(C)c1cc(C(=O)NCCC(C)(C)C(=O)O)n[nH]1. The molecule has 1 rings (SSSR count). The van der Waals surface area contributed by atoms with Crippen LogP contribution < -0.4 is 5.32 Å². The van der Waals surface area contributed by atoms with Crippen molar-refractivity contribution < 1.29 is 14.7 Å². The third-order valence-corrected chi connectivity index (χ3v) is 3.07. The van der Waals surface area contributed by atoms with Crippen molar-refractivity contribution in [3.05, 3.63) is 17.5 Å². The molecule has 0 unspecified atom stereocenters. The second-order valence-corrected chi connectivity index (χ2v) is 5.56. The van der Waals surface area contributed by atoms with E-state index in [0.717, 1.165) is 5.69 Å². The van der Waals surface area contributed by atoms with E-state index in [-0.39, 0.29) is 11.8 Å². The van der Waals surface area contributed by atoms with E-state index in [1.54, 1.807) is 19.9 Å². The number of rotatable bonds is 6. The second kappa shape index (κ2) is 5.86. The van der Waals surface area contributed by atoms with Crippen molar-refractivity contribution in [1.82, 2.24) is 15.5 Å². The molecule has 1 amide bonds. The first kappa shape index (κ1) is 15.2. The maximum Gasteiger partial charge on any atom is 0.309 e. The summed E-state index contributed by atoms with van der Waals surface area (Å²) in [5, 5.41) is 18.4. The number of hydrogen-bond donors (Lipinski definition) is 3. The molecule has 6 heteroatoms. The lowest BCUT2D eigenvalue weighted by molar-refractivity contribution is -0.147. The molecule has 1 aromatic rings. The van der Waals surface area contributed by atoms with Crippen LogP contribution >= 0.6 is 0 Å². The van der Waals surface area contributed by atoms with Crippen LogP contribution in [0.15, 0.2) is 6.07 Å². The summed E-state index contributed by atoms with van der Waals surface area (Å²) >= 11 is 0. The van der Waals surface area contributed by atoms with Gasteiger partial charge in [0.05, 0.1) is 5.41 Å². The zero-order valence-electron chi connectivity index (χ0n) is 11.8. The monoisotopic (exact) mass is 267 g/mol. The van der Waals surface area contributed by atoms with Crippen LogP contribution in [0.5, 0.6) is 0 Å². The van der Waals surface area contributed by atoms with Crippen molar-refractivity contribution in [2.24, 2.45) is 5.41 Å². The van der Waals surface area contributed by atoms with Gasteiger partial charge in [-0.05, 0) is 32.3 Å². The van der Waals surface area contributed by atoms with Crippen molar-refractivity contribution in [3.63, 3.8) is 0 Å². The predicted molar refractivity (Wildman–Crippen MR) is 71.0 cm³/mol. The number of aliphatic carboxylic acids is 1. The molecule has 0 aliphatic rings. The summed E-state index contributed by atoms with van der Waals surface area (Å²) in [6, 6.07) is 1.71. The first-order chi connectivity index (χ1) is 8.74. The van der Waals surface area contributed by atoms with Gasteiger partial charge < -0.3 is 10.4 Å². The minimum atomic E-state index is -0.872. The van der Waals surface area contributed by atoms with E-state index in [1.165, 1.54) is 0 Å². The topological polar surface area (TPSA) is 95.1 Å². The number of amides is 1. The zero-order valence-corrected chi connectivity index (χ0v) is 11.8. The predicted octanol–water partition coefficient (Wildman–Crippen LogP) is 1.76. The number of carbonyl (C=O) groups is 2. The van der Waals surface area contributed by atoms with Gasteiger partial charge in [-0.25, -0.2) is 0 Å². The first-order valence-electron chi connectivity index (χ1n) is 6.31. The van der Waals surface area contributed by atoms with Gasteiger partial charge in [-0.1, -0.05) is 13.8 Å². The van der Waals surface area contributed by atoms with Gasteiger partial charge in [0.25, 0.3) is 5.91 Å². The minimum Gasteiger partial charge on any atom is -0.481 e. The lowest BCUT2D eigenvalue weighted by Crippen LogP contribution is -2.32.